The summed E-state index contributed by atoms with van der Waals surface area (Å²) in [6.07, 6.45) is 3.49. The molecule has 8 nitrogen and oxygen atoms in total. The molecule has 0 heterocycles. The second-order valence-corrected chi connectivity index (χ2v) is 5.09. The van der Waals surface area contributed by atoms with Gasteiger partial charge < -0.3 is 20.4 Å². The fourth-order valence-corrected chi connectivity index (χ4v) is 1.54. The number of hydrogen-bond donors (Lipinski definition) is 4. The highest BCUT2D eigenvalue weighted by molar-refractivity contribution is 5.93. The van der Waals surface area contributed by atoms with E-state index in [1.807, 2.05) is 0 Å². The molecule has 4 N–H and O–H groups in total. The highest BCUT2D eigenvalue weighted by Gasteiger charge is 2.24. The number of hydrogen-bond acceptors (Lipinski definition) is 6. The van der Waals surface area contributed by atoms with Crippen LogP contribution < -0.4 is 0 Å². The average Bonchev–Trinajstić information content (AvgIpc) is 2.25. The zero-order chi connectivity index (χ0) is 17.8. The molecule has 8 heteroatoms. The van der Waals surface area contributed by atoms with Gasteiger partial charge in [-0.25, -0.2) is 0 Å². The van der Waals surface area contributed by atoms with Crippen molar-refractivity contribution >= 4 is 23.5 Å². The molecule has 1 saturated carbocycles. The number of aliphatic hydroxyl groups is 2. The van der Waals surface area contributed by atoms with E-state index >= 15 is 0 Å². The molecular weight excluding hydrogens is 296 g/mol. The lowest BCUT2D eigenvalue weighted by molar-refractivity contribution is -0.180. The quantitative estimate of drug-likeness (QED) is 0.437. The van der Waals surface area contributed by atoms with Gasteiger partial charge in [0.1, 0.15) is 24.4 Å². The molecule has 1 aliphatic carbocycles. The molecule has 0 spiro atoms. The van der Waals surface area contributed by atoms with E-state index < -0.39 is 17.7 Å². The zero-order valence-electron chi connectivity index (χ0n) is 12.9. The first-order chi connectivity index (χ1) is 9.96. The van der Waals surface area contributed by atoms with E-state index in [4.69, 9.17) is 20.4 Å². The third-order valence-corrected chi connectivity index (χ3v) is 2.45. The van der Waals surface area contributed by atoms with Crippen LogP contribution in [-0.2, 0) is 19.2 Å². The van der Waals surface area contributed by atoms with Gasteiger partial charge in [-0.3, -0.25) is 19.2 Å². The summed E-state index contributed by atoms with van der Waals surface area (Å²) in [6, 6.07) is 0. The maximum atomic E-state index is 9.87. The molecule has 0 saturated heterocycles. The Morgan fingerprint density at radius 3 is 1.18 bits per heavy atom. The first-order valence-corrected chi connectivity index (χ1v) is 6.83. The number of ketones is 2. The van der Waals surface area contributed by atoms with Crippen LogP contribution in [0.25, 0.3) is 0 Å². The first-order valence-electron chi connectivity index (χ1n) is 6.83. The van der Waals surface area contributed by atoms with Crippen molar-refractivity contribution in [2.75, 3.05) is 0 Å². The Bertz CT molecular complexity index is 328. The van der Waals surface area contributed by atoms with Crippen LogP contribution in [0.15, 0.2) is 0 Å². The fraction of sp³-hybridized carbons (Fsp3) is 0.714. The Morgan fingerprint density at radius 1 is 0.773 bits per heavy atom. The summed E-state index contributed by atoms with van der Waals surface area (Å²) in [5.41, 5.74) is 0. The van der Waals surface area contributed by atoms with Crippen molar-refractivity contribution in [1.82, 2.24) is 0 Å². The van der Waals surface area contributed by atoms with Crippen LogP contribution in [0.2, 0.25) is 0 Å². The Kier molecular flexibility index (Phi) is 12.1. The lowest BCUT2D eigenvalue weighted by Gasteiger charge is -2.25. The number of carbonyl (C=O) groups is 4. The maximum absolute atomic E-state index is 9.87. The Hall–Kier alpha value is -1.80. The van der Waals surface area contributed by atoms with Crippen LogP contribution in [0.3, 0.4) is 0 Å². The van der Waals surface area contributed by atoms with Crippen LogP contribution in [0.5, 0.6) is 0 Å². The standard InChI is InChI=1S/C6H12O2.2C4H6O3/c7-6(8)4-2-1-3-5-6;2*1-3(5)2-4(6)7/h7-8H,1-5H2;2*2H2,1H3,(H,6,7). The van der Waals surface area contributed by atoms with Crippen molar-refractivity contribution in [2.24, 2.45) is 0 Å². The molecule has 0 atom stereocenters. The third kappa shape index (κ3) is 20.5. The van der Waals surface area contributed by atoms with E-state index in [1.54, 1.807) is 0 Å². The van der Waals surface area contributed by atoms with Crippen LogP contribution in [-0.4, -0.2) is 49.7 Å². The van der Waals surface area contributed by atoms with Gasteiger partial charge >= 0.3 is 11.9 Å². The summed E-state index contributed by atoms with van der Waals surface area (Å²) >= 11 is 0. The van der Waals surface area contributed by atoms with Crippen LogP contribution in [0.4, 0.5) is 0 Å². The van der Waals surface area contributed by atoms with Crippen LogP contribution >= 0.6 is 0 Å². The van der Waals surface area contributed by atoms with Gasteiger partial charge in [0.25, 0.3) is 0 Å². The van der Waals surface area contributed by atoms with E-state index in [2.05, 4.69) is 0 Å². The summed E-state index contributed by atoms with van der Waals surface area (Å²) in [6.45, 7) is 2.49. The lowest BCUT2D eigenvalue weighted by Crippen LogP contribution is -2.30. The molecule has 0 radical (unpaired) electrons. The molecule has 1 rings (SSSR count). The van der Waals surface area contributed by atoms with Crippen molar-refractivity contribution in [1.29, 1.82) is 0 Å². The predicted octanol–water partition coefficient (Wildman–Crippen LogP) is 0.732. The number of aliphatic carboxylic acids is 2. The first kappa shape index (κ1) is 22.5. The van der Waals surface area contributed by atoms with Gasteiger partial charge in [0.15, 0.2) is 5.79 Å². The lowest BCUT2D eigenvalue weighted by atomic mass is 9.95. The average molecular weight is 320 g/mol. The van der Waals surface area contributed by atoms with Gasteiger partial charge in [-0.05, 0) is 26.7 Å². The van der Waals surface area contributed by atoms with Crippen molar-refractivity contribution in [3.05, 3.63) is 0 Å². The van der Waals surface area contributed by atoms with E-state index in [-0.39, 0.29) is 24.4 Å². The van der Waals surface area contributed by atoms with Crippen LogP contribution in [0, 0.1) is 0 Å². The SMILES string of the molecule is CC(=O)CC(=O)O.CC(=O)CC(=O)O.OC1(O)CCCCC1. The highest BCUT2D eigenvalue weighted by atomic mass is 16.5. The molecule has 1 aliphatic rings. The summed E-state index contributed by atoms with van der Waals surface area (Å²) in [4.78, 5) is 38.9. The van der Waals surface area contributed by atoms with E-state index in [0.717, 1.165) is 19.3 Å². The molecule has 0 aromatic carbocycles. The second kappa shape index (κ2) is 11.8. The van der Waals surface area contributed by atoms with Gasteiger partial charge in [-0.15, -0.1) is 0 Å². The number of carbonyl (C=O) groups excluding carboxylic acids is 2. The summed E-state index contributed by atoms with van der Waals surface area (Å²) in [5.74, 6) is -4.07. The molecule has 128 valence electrons. The molecule has 1 fully saturated rings. The van der Waals surface area contributed by atoms with E-state index in [1.165, 1.54) is 13.8 Å². The number of carboxylic acids is 2. The monoisotopic (exact) mass is 320 g/mol. The highest BCUT2D eigenvalue weighted by Crippen LogP contribution is 2.24. The van der Waals surface area contributed by atoms with E-state index in [9.17, 15) is 19.2 Å². The molecule has 0 unspecified atom stereocenters. The van der Waals surface area contributed by atoms with Gasteiger partial charge in [-0.2, -0.15) is 0 Å². The van der Waals surface area contributed by atoms with Crippen molar-refractivity contribution < 1.29 is 39.6 Å². The van der Waals surface area contributed by atoms with Crippen molar-refractivity contribution in [2.45, 2.75) is 64.6 Å². The summed E-state index contributed by atoms with van der Waals surface area (Å²) < 4.78 is 0. The zero-order valence-corrected chi connectivity index (χ0v) is 12.9. The summed E-state index contributed by atoms with van der Waals surface area (Å²) in [5, 5.41) is 33.6. The predicted molar refractivity (Wildman–Crippen MR) is 76.1 cm³/mol. The normalized spacial score (nSPS) is 15.3. The smallest absolute Gasteiger partial charge is 0.310 e. The molecule has 0 bridgehead atoms. The number of rotatable bonds is 4. The van der Waals surface area contributed by atoms with E-state index in [0.29, 0.717) is 12.8 Å². The van der Waals surface area contributed by atoms with Gasteiger partial charge in [0.2, 0.25) is 0 Å². The molecule has 22 heavy (non-hydrogen) atoms. The van der Waals surface area contributed by atoms with Gasteiger partial charge in [-0.1, -0.05) is 6.42 Å². The molecule has 0 aromatic rings. The minimum absolute atomic E-state index is 0.312. The minimum atomic E-state index is -1.32. The molecule has 0 aromatic heterocycles. The Labute approximate surface area is 128 Å². The Balaban J connectivity index is 0. The second-order valence-electron chi connectivity index (χ2n) is 5.09. The molecule has 0 amide bonds. The minimum Gasteiger partial charge on any atom is -0.481 e. The van der Waals surface area contributed by atoms with Gasteiger partial charge in [0.05, 0.1) is 0 Å². The number of Topliss-reactive ketones (excluding diaryl/α,β-unsaturated/α-hetero) is 2. The van der Waals surface area contributed by atoms with Crippen LogP contribution in [0.1, 0.15) is 58.8 Å². The third-order valence-electron chi connectivity index (χ3n) is 2.45. The number of carboxylic acid groups (broad SMARTS) is 2. The molecule has 0 aliphatic heterocycles. The topological polar surface area (TPSA) is 149 Å². The maximum Gasteiger partial charge on any atom is 0.310 e. The summed E-state index contributed by atoms with van der Waals surface area (Å²) in [7, 11) is 0. The Morgan fingerprint density at radius 2 is 1.09 bits per heavy atom. The van der Waals surface area contributed by atoms with Gasteiger partial charge in [0, 0.05) is 12.8 Å². The fourth-order valence-electron chi connectivity index (χ4n) is 1.54. The van der Waals surface area contributed by atoms with Crippen molar-refractivity contribution in [3.63, 3.8) is 0 Å². The van der Waals surface area contributed by atoms with Crippen molar-refractivity contribution in [3.8, 4) is 0 Å². The largest absolute Gasteiger partial charge is 0.481 e. The molecular formula is C14H24O8.